The average molecular weight is 476 g/mol. The zero-order chi connectivity index (χ0) is 22.9. The smallest absolute Gasteiger partial charge is 0.270 e. The summed E-state index contributed by atoms with van der Waals surface area (Å²) in [5, 5.41) is 11.0. The number of benzene rings is 2. The maximum atomic E-state index is 13.1. The van der Waals surface area contributed by atoms with Crippen LogP contribution in [0.5, 0.6) is 0 Å². The number of halogens is 1. The Morgan fingerprint density at radius 1 is 1.00 bits per heavy atom. The molecular weight excluding hydrogens is 457 g/mol. The van der Waals surface area contributed by atoms with Gasteiger partial charge in [0.05, 0.1) is 14.7 Å². The van der Waals surface area contributed by atoms with Crippen molar-refractivity contribution in [2.45, 2.75) is 4.90 Å². The van der Waals surface area contributed by atoms with E-state index in [1.807, 2.05) is 0 Å². The van der Waals surface area contributed by atoms with Gasteiger partial charge in [-0.2, -0.15) is 4.31 Å². The van der Waals surface area contributed by atoms with Gasteiger partial charge in [-0.15, -0.1) is 11.3 Å². The molecule has 11 heteroatoms. The lowest BCUT2D eigenvalue weighted by Gasteiger charge is -2.33. The van der Waals surface area contributed by atoms with Crippen LogP contribution in [0.2, 0.25) is 0 Å². The molecule has 1 fully saturated rings. The summed E-state index contributed by atoms with van der Waals surface area (Å²) in [6, 6.07) is 14.4. The summed E-state index contributed by atoms with van der Waals surface area (Å²) in [7, 11) is -3.90. The van der Waals surface area contributed by atoms with E-state index in [9.17, 15) is 27.7 Å². The Bertz CT molecular complexity index is 1270. The fourth-order valence-electron chi connectivity index (χ4n) is 3.42. The third-order valence-electron chi connectivity index (χ3n) is 5.14. The van der Waals surface area contributed by atoms with Gasteiger partial charge in [-0.05, 0) is 35.9 Å². The molecule has 3 aromatic rings. The molecule has 32 heavy (non-hydrogen) atoms. The molecular formula is C21H18FN3O5S2. The van der Waals surface area contributed by atoms with E-state index in [2.05, 4.69) is 0 Å². The number of non-ortho nitro benzene ring substituents is 1. The minimum absolute atomic E-state index is 0.0902. The minimum atomic E-state index is -3.90. The molecule has 1 aromatic heterocycles. The topological polar surface area (TPSA) is 101 Å². The number of rotatable bonds is 5. The van der Waals surface area contributed by atoms with Gasteiger partial charge in [0, 0.05) is 43.2 Å². The maximum absolute atomic E-state index is 13.1. The van der Waals surface area contributed by atoms with Gasteiger partial charge in [-0.25, -0.2) is 12.8 Å². The summed E-state index contributed by atoms with van der Waals surface area (Å²) in [6.07, 6.45) is 0. The third-order valence-corrected chi connectivity index (χ3v) is 8.15. The number of piperazine rings is 1. The van der Waals surface area contributed by atoms with Crippen LogP contribution in [0.3, 0.4) is 0 Å². The molecule has 1 amide bonds. The van der Waals surface area contributed by atoms with Crippen LogP contribution in [0.1, 0.15) is 9.67 Å². The second-order valence-corrected chi connectivity index (χ2v) is 10.1. The largest absolute Gasteiger partial charge is 0.335 e. The number of nitrogens with zero attached hydrogens (tertiary/aromatic N) is 3. The minimum Gasteiger partial charge on any atom is -0.335 e. The zero-order valence-electron chi connectivity index (χ0n) is 16.7. The van der Waals surface area contributed by atoms with Gasteiger partial charge in [0.1, 0.15) is 5.82 Å². The first kappa shape index (κ1) is 22.1. The molecule has 2 aromatic carbocycles. The Morgan fingerprint density at radius 3 is 2.34 bits per heavy atom. The van der Waals surface area contributed by atoms with Gasteiger partial charge < -0.3 is 4.90 Å². The molecule has 0 saturated carbocycles. The van der Waals surface area contributed by atoms with Crippen molar-refractivity contribution in [2.24, 2.45) is 0 Å². The molecule has 0 spiro atoms. The molecule has 0 radical (unpaired) electrons. The van der Waals surface area contributed by atoms with Crippen LogP contribution in [0.15, 0.2) is 65.6 Å². The summed E-state index contributed by atoms with van der Waals surface area (Å²) in [5.74, 6) is -0.532. The summed E-state index contributed by atoms with van der Waals surface area (Å²) < 4.78 is 40.1. The first-order chi connectivity index (χ1) is 15.3. The van der Waals surface area contributed by atoms with Crippen molar-refractivity contribution in [3.8, 4) is 10.4 Å². The molecule has 0 bridgehead atoms. The Balaban J connectivity index is 1.43. The molecule has 4 rings (SSSR count). The van der Waals surface area contributed by atoms with E-state index in [-0.39, 0.29) is 48.5 Å². The predicted molar refractivity (Wildman–Crippen MR) is 117 cm³/mol. The third kappa shape index (κ3) is 4.40. The van der Waals surface area contributed by atoms with Crippen LogP contribution in [-0.2, 0) is 10.0 Å². The van der Waals surface area contributed by atoms with Crippen LogP contribution >= 0.6 is 11.3 Å². The number of nitro groups is 1. The molecule has 0 N–H and O–H groups in total. The number of carbonyl (C=O) groups is 1. The summed E-state index contributed by atoms with van der Waals surface area (Å²) >= 11 is 1.29. The molecule has 0 unspecified atom stereocenters. The number of thiophene rings is 1. The Kier molecular flexibility index (Phi) is 6.04. The van der Waals surface area contributed by atoms with Gasteiger partial charge in [0.25, 0.3) is 11.6 Å². The highest BCUT2D eigenvalue weighted by Gasteiger charge is 2.31. The molecule has 0 atom stereocenters. The number of hydrogen-bond donors (Lipinski definition) is 0. The molecule has 166 valence electrons. The van der Waals surface area contributed by atoms with E-state index >= 15 is 0 Å². The Morgan fingerprint density at radius 2 is 1.69 bits per heavy atom. The first-order valence-corrected chi connectivity index (χ1v) is 11.9. The quantitative estimate of drug-likeness (QED) is 0.415. The Labute approximate surface area is 187 Å². The van der Waals surface area contributed by atoms with Gasteiger partial charge in [0.2, 0.25) is 10.0 Å². The molecule has 1 aliphatic heterocycles. The molecule has 1 aliphatic rings. The van der Waals surface area contributed by atoms with Crippen LogP contribution < -0.4 is 0 Å². The number of sulfonamides is 1. The summed E-state index contributed by atoms with van der Waals surface area (Å²) in [6.45, 7) is 0.591. The highest BCUT2D eigenvalue weighted by Crippen LogP contribution is 2.29. The van der Waals surface area contributed by atoms with Gasteiger partial charge >= 0.3 is 0 Å². The average Bonchev–Trinajstić information content (AvgIpc) is 3.29. The lowest BCUT2D eigenvalue weighted by molar-refractivity contribution is -0.385. The van der Waals surface area contributed by atoms with E-state index in [0.29, 0.717) is 4.88 Å². The van der Waals surface area contributed by atoms with Gasteiger partial charge in [-0.3, -0.25) is 14.9 Å². The summed E-state index contributed by atoms with van der Waals surface area (Å²) in [4.78, 5) is 26.0. The van der Waals surface area contributed by atoms with Crippen molar-refractivity contribution in [1.29, 1.82) is 0 Å². The van der Waals surface area contributed by atoms with Crippen molar-refractivity contribution in [3.63, 3.8) is 0 Å². The predicted octanol–water partition coefficient (Wildman–Crippen LogP) is 3.61. The first-order valence-electron chi connectivity index (χ1n) is 9.65. The molecule has 0 aliphatic carbocycles. The number of carbonyl (C=O) groups excluding carboxylic acids is 1. The number of hydrogen-bond acceptors (Lipinski definition) is 6. The van der Waals surface area contributed by atoms with Gasteiger partial charge in [-0.1, -0.05) is 18.2 Å². The van der Waals surface area contributed by atoms with E-state index in [1.54, 1.807) is 29.2 Å². The zero-order valence-corrected chi connectivity index (χ0v) is 18.3. The standard InChI is InChI=1S/C21H18FN3O5S2/c22-16-6-4-15(5-7-16)19-8-9-20(31-19)21(26)23-10-12-24(13-11-23)32(29,30)18-3-1-2-17(14-18)25(27)28/h1-9,14H,10-13H2. The maximum Gasteiger partial charge on any atom is 0.270 e. The van der Waals surface area contributed by atoms with Crippen LogP contribution in [-0.4, -0.2) is 54.6 Å². The SMILES string of the molecule is O=C(c1ccc(-c2ccc(F)cc2)s1)N1CCN(S(=O)(=O)c2cccc([N+](=O)[O-])c2)CC1. The second kappa shape index (κ2) is 8.77. The molecule has 2 heterocycles. The number of nitro benzene ring substituents is 1. The van der Waals surface area contributed by atoms with Crippen LogP contribution in [0, 0.1) is 15.9 Å². The second-order valence-electron chi connectivity index (χ2n) is 7.12. The van der Waals surface area contributed by atoms with Crippen LogP contribution in [0.25, 0.3) is 10.4 Å². The Hall–Kier alpha value is -3.15. The van der Waals surface area contributed by atoms with E-state index < -0.39 is 14.9 Å². The van der Waals surface area contributed by atoms with Crippen molar-refractivity contribution in [2.75, 3.05) is 26.2 Å². The fraction of sp³-hybridized carbons (Fsp3) is 0.190. The van der Waals surface area contributed by atoms with Crippen molar-refractivity contribution >= 4 is 33.0 Å². The number of amides is 1. The summed E-state index contributed by atoms with van der Waals surface area (Å²) in [5.41, 5.74) is 0.512. The highest BCUT2D eigenvalue weighted by molar-refractivity contribution is 7.89. The lowest BCUT2D eigenvalue weighted by Crippen LogP contribution is -2.50. The highest BCUT2D eigenvalue weighted by atomic mass is 32.2. The monoisotopic (exact) mass is 475 g/mol. The van der Waals surface area contributed by atoms with Crippen LogP contribution in [0.4, 0.5) is 10.1 Å². The van der Waals surface area contributed by atoms with E-state index in [4.69, 9.17) is 0 Å². The van der Waals surface area contributed by atoms with Crippen molar-refractivity contribution in [3.05, 3.63) is 81.5 Å². The molecule has 1 saturated heterocycles. The van der Waals surface area contributed by atoms with Crippen molar-refractivity contribution < 1.29 is 22.5 Å². The lowest BCUT2D eigenvalue weighted by atomic mass is 10.2. The van der Waals surface area contributed by atoms with Crippen molar-refractivity contribution in [1.82, 2.24) is 9.21 Å². The molecule has 8 nitrogen and oxygen atoms in total. The fourth-order valence-corrected chi connectivity index (χ4v) is 5.86. The van der Waals surface area contributed by atoms with E-state index in [1.165, 1.54) is 46.0 Å². The van der Waals surface area contributed by atoms with Gasteiger partial charge in [0.15, 0.2) is 0 Å². The van der Waals surface area contributed by atoms with E-state index in [0.717, 1.165) is 16.5 Å². The normalized spacial score (nSPS) is 15.0.